The zero-order valence-corrected chi connectivity index (χ0v) is 13.1. The normalized spacial score (nSPS) is 14.0. The first-order chi connectivity index (χ1) is 10.3. The summed E-state index contributed by atoms with van der Waals surface area (Å²) in [6.45, 7) is 1.27. The van der Waals surface area contributed by atoms with Crippen LogP contribution >= 0.6 is 11.3 Å². The molecular weight excluding hydrogens is 337 g/mol. The fraction of sp³-hybridized carbons (Fsp3) is 0.308. The smallest absolute Gasteiger partial charge is 0.252 e. The topological polar surface area (TPSA) is 59.1 Å². The van der Waals surface area contributed by atoms with Crippen molar-refractivity contribution in [2.75, 3.05) is 0 Å². The number of halogens is 3. The van der Waals surface area contributed by atoms with Crippen molar-refractivity contribution in [3.63, 3.8) is 0 Å². The van der Waals surface area contributed by atoms with E-state index in [1.807, 2.05) is 0 Å². The molecule has 2 rings (SSSR count). The van der Waals surface area contributed by atoms with Gasteiger partial charge < -0.3 is 0 Å². The van der Waals surface area contributed by atoms with Gasteiger partial charge in [0.25, 0.3) is 0 Å². The molecule has 0 fully saturated rings. The van der Waals surface area contributed by atoms with Gasteiger partial charge >= 0.3 is 6.18 Å². The number of thiazole rings is 1. The maximum absolute atomic E-state index is 12.8. The monoisotopic (exact) mass is 350 g/mol. The highest BCUT2D eigenvalue weighted by molar-refractivity contribution is 7.89. The van der Waals surface area contributed by atoms with Crippen molar-refractivity contribution in [3.8, 4) is 10.4 Å². The van der Waals surface area contributed by atoms with E-state index in [0.717, 1.165) is 0 Å². The van der Waals surface area contributed by atoms with Gasteiger partial charge in [0.2, 0.25) is 10.0 Å². The zero-order valence-electron chi connectivity index (χ0n) is 11.5. The minimum Gasteiger partial charge on any atom is -0.252 e. The number of nitrogens with one attached hydrogen (secondary N) is 1. The Bertz CT molecular complexity index is 728. The standard InChI is InChI=1S/C13H13F3N2O2S2/c1-2-12(13(14,15)16)18-22(19,20)11-6-4-3-5-9(11)10-7-17-8-21-10/h3-8,12,18H,2H2,1H3. The first-order valence-corrected chi connectivity index (χ1v) is 8.69. The summed E-state index contributed by atoms with van der Waals surface area (Å²) < 4.78 is 64.8. The molecule has 2 aromatic rings. The first kappa shape index (κ1) is 16.9. The van der Waals surface area contributed by atoms with Crippen molar-refractivity contribution < 1.29 is 21.6 Å². The third kappa shape index (κ3) is 3.65. The lowest BCUT2D eigenvalue weighted by Gasteiger charge is -2.20. The number of hydrogen-bond donors (Lipinski definition) is 1. The molecular formula is C13H13F3N2O2S2. The second kappa shape index (κ2) is 6.35. The predicted octanol–water partition coefficient (Wildman–Crippen LogP) is 3.43. The first-order valence-electron chi connectivity index (χ1n) is 6.32. The molecule has 1 unspecified atom stereocenters. The van der Waals surface area contributed by atoms with E-state index in [0.29, 0.717) is 10.4 Å². The Morgan fingerprint density at radius 1 is 1.32 bits per heavy atom. The van der Waals surface area contributed by atoms with Crippen LogP contribution in [-0.2, 0) is 10.0 Å². The molecule has 1 aromatic heterocycles. The number of aromatic nitrogens is 1. The van der Waals surface area contributed by atoms with Gasteiger partial charge in [-0.2, -0.15) is 17.9 Å². The highest BCUT2D eigenvalue weighted by Crippen LogP contribution is 2.31. The van der Waals surface area contributed by atoms with E-state index in [9.17, 15) is 21.6 Å². The van der Waals surface area contributed by atoms with Crippen LogP contribution in [0.1, 0.15) is 13.3 Å². The molecule has 9 heteroatoms. The largest absolute Gasteiger partial charge is 0.404 e. The minimum absolute atomic E-state index is 0.193. The Kier molecular flexibility index (Phi) is 4.88. The molecule has 1 heterocycles. The lowest BCUT2D eigenvalue weighted by molar-refractivity contribution is -0.151. The van der Waals surface area contributed by atoms with Crippen molar-refractivity contribution in [3.05, 3.63) is 36.0 Å². The van der Waals surface area contributed by atoms with Crippen LogP contribution in [0.15, 0.2) is 40.9 Å². The molecule has 22 heavy (non-hydrogen) atoms. The van der Waals surface area contributed by atoms with Crippen LogP contribution in [0.5, 0.6) is 0 Å². The fourth-order valence-corrected chi connectivity index (χ4v) is 4.14. The third-order valence-electron chi connectivity index (χ3n) is 2.98. The van der Waals surface area contributed by atoms with Crippen LogP contribution in [0, 0.1) is 0 Å². The van der Waals surface area contributed by atoms with Gasteiger partial charge in [0.05, 0.1) is 15.3 Å². The average Bonchev–Trinajstić information content (AvgIpc) is 2.97. The second-order valence-electron chi connectivity index (χ2n) is 4.49. The van der Waals surface area contributed by atoms with Gasteiger partial charge in [0.15, 0.2) is 0 Å². The summed E-state index contributed by atoms with van der Waals surface area (Å²) in [7, 11) is -4.30. The van der Waals surface area contributed by atoms with Crippen molar-refractivity contribution in [1.82, 2.24) is 9.71 Å². The van der Waals surface area contributed by atoms with E-state index >= 15 is 0 Å². The Morgan fingerprint density at radius 3 is 2.55 bits per heavy atom. The second-order valence-corrected chi connectivity index (χ2v) is 7.05. The molecule has 0 saturated heterocycles. The van der Waals surface area contributed by atoms with E-state index in [4.69, 9.17) is 0 Å². The van der Waals surface area contributed by atoms with Crippen molar-refractivity contribution in [1.29, 1.82) is 0 Å². The Morgan fingerprint density at radius 2 is 2.00 bits per heavy atom. The maximum atomic E-state index is 12.8. The minimum atomic E-state index is -4.64. The van der Waals surface area contributed by atoms with E-state index in [1.165, 1.54) is 48.2 Å². The van der Waals surface area contributed by atoms with Crippen LogP contribution in [0.2, 0.25) is 0 Å². The Labute approximate surface area is 130 Å². The number of rotatable bonds is 5. The van der Waals surface area contributed by atoms with E-state index in [-0.39, 0.29) is 11.3 Å². The molecule has 0 bridgehead atoms. The molecule has 1 aromatic carbocycles. The third-order valence-corrected chi connectivity index (χ3v) is 5.31. The van der Waals surface area contributed by atoms with E-state index < -0.39 is 22.2 Å². The summed E-state index contributed by atoms with van der Waals surface area (Å²) in [5.74, 6) is 0. The van der Waals surface area contributed by atoms with Gasteiger partial charge in [-0.05, 0) is 12.5 Å². The van der Waals surface area contributed by atoms with E-state index in [2.05, 4.69) is 4.98 Å². The summed E-state index contributed by atoms with van der Waals surface area (Å²) in [6.07, 6.45) is -3.55. The summed E-state index contributed by atoms with van der Waals surface area (Å²) in [4.78, 5) is 4.24. The molecule has 4 nitrogen and oxygen atoms in total. The maximum Gasteiger partial charge on any atom is 0.404 e. The van der Waals surface area contributed by atoms with Gasteiger partial charge in [-0.15, -0.1) is 11.3 Å². The van der Waals surface area contributed by atoms with Gasteiger partial charge in [-0.3, -0.25) is 4.98 Å². The zero-order chi connectivity index (χ0) is 16.4. The number of nitrogens with zero attached hydrogens (tertiary/aromatic N) is 1. The van der Waals surface area contributed by atoms with Crippen LogP contribution in [0.3, 0.4) is 0 Å². The molecule has 0 amide bonds. The Hall–Kier alpha value is -1.45. The number of sulfonamides is 1. The van der Waals surface area contributed by atoms with Gasteiger partial charge in [0, 0.05) is 11.8 Å². The van der Waals surface area contributed by atoms with Crippen molar-refractivity contribution in [2.24, 2.45) is 0 Å². The molecule has 0 saturated carbocycles. The molecule has 0 radical (unpaired) electrons. The molecule has 0 aliphatic rings. The van der Waals surface area contributed by atoms with Gasteiger partial charge in [0.1, 0.15) is 6.04 Å². The van der Waals surface area contributed by atoms with Gasteiger partial charge in [-0.1, -0.05) is 25.1 Å². The summed E-state index contributed by atoms with van der Waals surface area (Å²) in [5.41, 5.74) is 1.85. The van der Waals surface area contributed by atoms with Crippen molar-refractivity contribution >= 4 is 21.4 Å². The fourth-order valence-electron chi connectivity index (χ4n) is 1.89. The van der Waals surface area contributed by atoms with Crippen molar-refractivity contribution in [2.45, 2.75) is 30.5 Å². The molecule has 0 aliphatic heterocycles. The predicted molar refractivity (Wildman–Crippen MR) is 78.0 cm³/mol. The molecule has 1 atom stereocenters. The SMILES string of the molecule is CCC(NS(=O)(=O)c1ccccc1-c1cncs1)C(F)(F)F. The molecule has 0 aliphatic carbocycles. The van der Waals surface area contributed by atoms with E-state index in [1.54, 1.807) is 10.8 Å². The summed E-state index contributed by atoms with van der Waals surface area (Å²) in [6, 6.07) is 3.78. The highest BCUT2D eigenvalue weighted by Gasteiger charge is 2.41. The molecule has 1 N–H and O–H groups in total. The molecule has 120 valence electrons. The lowest BCUT2D eigenvalue weighted by Crippen LogP contribution is -2.44. The van der Waals surface area contributed by atoms with Crippen LogP contribution in [0.4, 0.5) is 13.2 Å². The average molecular weight is 350 g/mol. The number of hydrogen-bond acceptors (Lipinski definition) is 4. The lowest BCUT2D eigenvalue weighted by atomic mass is 10.2. The van der Waals surface area contributed by atoms with Crippen LogP contribution in [0.25, 0.3) is 10.4 Å². The highest BCUT2D eigenvalue weighted by atomic mass is 32.2. The Balaban J connectivity index is 2.43. The summed E-state index contributed by atoms with van der Waals surface area (Å²) >= 11 is 1.21. The number of benzene rings is 1. The van der Waals surface area contributed by atoms with Crippen LogP contribution in [-0.4, -0.2) is 25.6 Å². The number of alkyl halides is 3. The summed E-state index contributed by atoms with van der Waals surface area (Å²) in [5, 5.41) is 0. The van der Waals surface area contributed by atoms with Crippen LogP contribution < -0.4 is 4.72 Å². The van der Waals surface area contributed by atoms with Gasteiger partial charge in [-0.25, -0.2) is 8.42 Å². The quantitative estimate of drug-likeness (QED) is 0.899. The molecule has 0 spiro atoms.